The van der Waals surface area contributed by atoms with Crippen LogP contribution in [0.25, 0.3) is 56.7 Å². The Balaban J connectivity index is 0.000000133. The quantitative estimate of drug-likeness (QED) is 0.0332. The number of carbonyl (C=O) groups excluding carboxylic acids is 5. The molecule has 0 saturated carbocycles. The van der Waals surface area contributed by atoms with Crippen LogP contribution in [0.2, 0.25) is 20.1 Å². The van der Waals surface area contributed by atoms with Crippen LogP contribution in [0.15, 0.2) is 293 Å². The van der Waals surface area contributed by atoms with Gasteiger partial charge in [-0.3, -0.25) is 57.3 Å². The lowest BCUT2D eigenvalue weighted by atomic mass is 9.98. The van der Waals surface area contributed by atoms with Crippen LogP contribution in [0.5, 0.6) is 0 Å². The van der Waals surface area contributed by atoms with E-state index in [2.05, 4.69) is 92.9 Å². The predicted molar refractivity (Wildman–Crippen MR) is 515 cm³/mol. The van der Waals surface area contributed by atoms with Crippen molar-refractivity contribution in [2.45, 2.75) is 84.1 Å². The molecule has 52 heteroatoms. The number of benzene rings is 5. The van der Waals surface area contributed by atoms with E-state index in [1.54, 1.807) is 127 Å². The Bertz CT molecular complexity index is 7840. The second-order valence-electron chi connectivity index (χ2n) is 31.8. The molecule has 15 heterocycles. The maximum atomic E-state index is 14.0. The second kappa shape index (κ2) is 45.4. The molecule has 5 N–H and O–H groups in total. The van der Waals surface area contributed by atoms with Gasteiger partial charge in [-0.2, -0.15) is 51.8 Å². The molecule has 149 heavy (non-hydrogen) atoms. The molecule has 15 aromatic heterocycles. The van der Waals surface area contributed by atoms with Crippen LogP contribution in [0.4, 0.5) is 76.7 Å². The summed E-state index contributed by atoms with van der Waals surface area (Å²) in [5.41, 5.74) is 1.06. The van der Waals surface area contributed by atoms with Gasteiger partial charge in [-0.05, 0) is 144 Å². The van der Waals surface area contributed by atoms with Gasteiger partial charge >= 0.3 is 12.4 Å². The van der Waals surface area contributed by atoms with E-state index in [0.717, 1.165) is 33.2 Å². The molecule has 20 aromatic rings. The van der Waals surface area contributed by atoms with Crippen LogP contribution in [0, 0.1) is 36.0 Å². The molecule has 0 aliphatic heterocycles. The standard InChI is InChI=1S/C21H14F6N6O2.C20H16Cl2N4O3.C19H13F3N4O3.C19H14F2N4O3.C18H13Cl2N5O2S/c1-11(14-3-2-12(20(22,23)24)6-15(14)21(25,26)27)33-10-13(8-30-33)31-19(34)18-7-16(32-35-18)17-9-28-4-5-29-17;1-11-16(10-26(24-11)12(2)19-13(21)5-3-6-14(19)22)23-20(27)15-9-18(29-25-15)17-7-4-8-28-17;1-10(18-13(21)5-11(20)6-14(18)22)26-9-12(8-23-26)24-19(27)15-7-17(29-25-15)16-3-2-4-28-16;1-11(18-13(20)4-2-5-14(18)21)25-10-12(9-22-25)23-19(26)15-8-17(28-24-15)16-6-3-7-27-16;1-10(15-12(19)4-2-5-13(15)20)25-9-11(8-21-25)22-16(26)18-24-23-17(28-18)14-6-3-7-27-14/h2-11H,1H3,(H,31,34);3-10,12H,1-2H3,(H,23,27);2-10H,1H3,(H,24,27);2-11H,1H3,(H,23,26);2-10H,1H3,(H,22,26). The van der Waals surface area contributed by atoms with E-state index in [0.29, 0.717) is 106 Å². The number of nitrogens with zero attached hydrogens (tertiary/aromatic N) is 18. The molecule has 0 bridgehead atoms. The number of anilines is 5. The molecule has 5 unspecified atom stereocenters. The molecule has 0 aliphatic rings. The number of halogens is 15. The summed E-state index contributed by atoms with van der Waals surface area (Å²) < 4.78 is 197. The Hall–Kier alpha value is -17.5. The summed E-state index contributed by atoms with van der Waals surface area (Å²) in [6, 6.07) is 33.1. The van der Waals surface area contributed by atoms with Crippen molar-refractivity contribution >= 4 is 116 Å². The minimum absolute atomic E-state index is 0.00724. The van der Waals surface area contributed by atoms with Crippen LogP contribution in [0.1, 0.15) is 161 Å². The van der Waals surface area contributed by atoms with E-state index in [9.17, 15) is 72.3 Å². The summed E-state index contributed by atoms with van der Waals surface area (Å²) in [5.74, 6) is -4.28. The fourth-order valence-electron chi connectivity index (χ4n) is 14.4. The summed E-state index contributed by atoms with van der Waals surface area (Å²) in [6.45, 7) is 10.1. The highest BCUT2D eigenvalue weighted by Crippen LogP contribution is 2.42. The van der Waals surface area contributed by atoms with Gasteiger partial charge in [-0.15, -0.1) is 10.2 Å². The van der Waals surface area contributed by atoms with E-state index in [1.807, 2.05) is 13.8 Å². The van der Waals surface area contributed by atoms with E-state index < -0.39 is 99.9 Å². The van der Waals surface area contributed by atoms with Crippen LogP contribution >= 0.6 is 57.7 Å². The number of nitrogens with one attached hydrogen (secondary N) is 5. The van der Waals surface area contributed by atoms with Crippen LogP contribution in [-0.4, -0.2) is 119 Å². The molecule has 0 aliphatic carbocycles. The summed E-state index contributed by atoms with van der Waals surface area (Å²) in [7, 11) is 0. The average Bonchev–Trinajstić information content (AvgIpc) is 1.70. The minimum Gasteiger partial charge on any atom is -0.462 e. The minimum atomic E-state index is -5.03. The van der Waals surface area contributed by atoms with Gasteiger partial charge < -0.3 is 62.3 Å². The Morgan fingerprint density at radius 2 is 0.799 bits per heavy atom. The first kappa shape index (κ1) is 104. The topological polar surface area (TPSA) is 443 Å². The summed E-state index contributed by atoms with van der Waals surface area (Å²) >= 11 is 26.3. The third kappa shape index (κ3) is 24.8. The van der Waals surface area contributed by atoms with Crippen LogP contribution in [-0.2, 0) is 12.4 Å². The van der Waals surface area contributed by atoms with E-state index >= 15 is 0 Å². The highest BCUT2D eigenvalue weighted by atomic mass is 35.5. The van der Waals surface area contributed by atoms with E-state index in [-0.39, 0.29) is 85.9 Å². The van der Waals surface area contributed by atoms with Crippen molar-refractivity contribution in [3.8, 4) is 56.7 Å². The molecule has 0 radical (unpaired) electrons. The lowest BCUT2D eigenvalue weighted by Gasteiger charge is -2.20. The SMILES string of the molecule is CC(c1c(Cl)cccc1Cl)n1cc(NC(=O)c2nnc(-c3ccco3)s2)cn1.CC(c1c(F)cc(F)cc1F)n1cc(NC(=O)c2cc(-c3ccco3)on2)cn1.CC(c1c(F)cccc1F)n1cc(NC(=O)c2cc(-c3ccco3)on2)cn1.CC(c1ccc(C(F)(F)F)cc1C(F)(F)F)n1cc(NC(=O)c2cc(-c3cnccn3)no2)cn1.Cc1nn(C(C)c2c(Cl)cccc2Cl)cc1NC(=O)c1cc(-c2ccco2)on1. The van der Waals surface area contributed by atoms with Crippen molar-refractivity contribution in [2.75, 3.05) is 26.6 Å². The zero-order chi connectivity index (χ0) is 106. The molecule has 0 fully saturated rings. The number of carbonyl (C=O) groups is 5. The number of alkyl halides is 6. The highest BCUT2D eigenvalue weighted by molar-refractivity contribution is 7.16. The number of amides is 5. The van der Waals surface area contributed by atoms with Gasteiger partial charge in [-0.25, -0.2) is 22.0 Å². The number of aryl methyl sites for hydroxylation is 1. The second-order valence-corrected chi connectivity index (χ2v) is 34.4. The lowest BCUT2D eigenvalue weighted by molar-refractivity contribution is -0.143. The largest absolute Gasteiger partial charge is 0.462 e. The van der Waals surface area contributed by atoms with Crippen molar-refractivity contribution in [3.05, 3.63) is 379 Å². The molecule has 5 amide bonds. The van der Waals surface area contributed by atoms with Crippen molar-refractivity contribution in [2.24, 2.45) is 0 Å². The van der Waals surface area contributed by atoms with Crippen molar-refractivity contribution in [1.82, 2.24) is 89.7 Å². The molecular formula is C97H70Cl4F11N23O13S. The fourth-order valence-corrected chi connectivity index (χ4v) is 16.5. The first-order valence-corrected chi connectivity index (χ1v) is 45.8. The van der Waals surface area contributed by atoms with Gasteiger partial charge in [0.05, 0.1) is 132 Å². The summed E-state index contributed by atoms with van der Waals surface area (Å²) in [5, 5.41) is 59.8. The predicted octanol–water partition coefficient (Wildman–Crippen LogP) is 24.7. The van der Waals surface area contributed by atoms with Gasteiger partial charge in [0.25, 0.3) is 29.5 Å². The van der Waals surface area contributed by atoms with Gasteiger partial charge in [0.2, 0.25) is 28.0 Å². The van der Waals surface area contributed by atoms with Crippen molar-refractivity contribution in [3.63, 3.8) is 0 Å². The van der Waals surface area contributed by atoms with E-state index in [1.165, 1.54) is 146 Å². The maximum Gasteiger partial charge on any atom is 0.416 e. The molecule has 762 valence electrons. The zero-order valence-corrected chi connectivity index (χ0v) is 80.9. The summed E-state index contributed by atoms with van der Waals surface area (Å²) in [4.78, 5) is 70.0. The maximum absolute atomic E-state index is 14.0. The average molecular weight is 2150 g/mol. The van der Waals surface area contributed by atoms with Gasteiger partial charge in [-0.1, -0.05) is 103 Å². The molecule has 0 spiro atoms. The monoisotopic (exact) mass is 2150 g/mol. The van der Waals surface area contributed by atoms with Gasteiger partial charge in [0, 0.05) is 122 Å². The molecule has 5 aromatic carbocycles. The fraction of sp³-hybridized carbons (Fsp3) is 0.134. The number of hydrogen-bond donors (Lipinski definition) is 5. The number of hydrogen-bond acceptors (Lipinski definition) is 27. The number of rotatable bonds is 25. The molecule has 36 nitrogen and oxygen atoms in total. The van der Waals surface area contributed by atoms with Crippen molar-refractivity contribution in [1.29, 1.82) is 0 Å². The summed E-state index contributed by atoms with van der Waals surface area (Å²) in [6.07, 6.45) is 13.3. The van der Waals surface area contributed by atoms with Gasteiger partial charge in [0.15, 0.2) is 45.1 Å². The lowest BCUT2D eigenvalue weighted by Crippen LogP contribution is -2.17. The Labute approximate surface area is 854 Å². The normalized spacial score (nSPS) is 12.3. The zero-order valence-electron chi connectivity index (χ0n) is 77.1. The molecule has 0 saturated heterocycles. The highest BCUT2D eigenvalue weighted by Gasteiger charge is 2.40. The van der Waals surface area contributed by atoms with Gasteiger partial charge in [0.1, 0.15) is 40.5 Å². The van der Waals surface area contributed by atoms with Crippen LogP contribution < -0.4 is 26.6 Å². The van der Waals surface area contributed by atoms with E-state index in [4.69, 9.17) is 82.2 Å². The molecule has 20 rings (SSSR count). The Morgan fingerprint density at radius 3 is 1.23 bits per heavy atom. The molecule has 5 atom stereocenters. The first-order valence-electron chi connectivity index (χ1n) is 43.5. The third-order valence-corrected chi connectivity index (χ3v) is 24.1. The third-order valence-electron chi connectivity index (χ3n) is 21.9. The Morgan fingerprint density at radius 1 is 0.383 bits per heavy atom. The Kier molecular flexibility index (Phi) is 31.8. The smallest absolute Gasteiger partial charge is 0.416 e. The van der Waals surface area contributed by atoms with Crippen LogP contribution in [0.3, 0.4) is 0 Å². The van der Waals surface area contributed by atoms with Crippen molar-refractivity contribution < 1.29 is 108 Å². The number of aromatic nitrogens is 18. The first-order chi connectivity index (χ1) is 71.3. The number of furan rings is 4. The molecular weight excluding hydrogens is 2080 g/mol.